The Morgan fingerprint density at radius 3 is 2.50 bits per heavy atom. The van der Waals surface area contributed by atoms with Crippen LogP contribution in [0.5, 0.6) is 5.75 Å². The Balaban J connectivity index is 2.41. The van der Waals surface area contributed by atoms with Crippen LogP contribution < -0.4 is 10.1 Å². The van der Waals surface area contributed by atoms with E-state index in [1.54, 1.807) is 6.92 Å². The highest BCUT2D eigenvalue weighted by molar-refractivity contribution is 5.93. The van der Waals surface area contributed by atoms with E-state index in [1.807, 2.05) is 30.3 Å². The van der Waals surface area contributed by atoms with E-state index in [9.17, 15) is 4.79 Å². The Bertz CT molecular complexity index is 559. The molecule has 1 N–H and O–H groups in total. The summed E-state index contributed by atoms with van der Waals surface area (Å²) in [6.45, 7) is 4.86. The van der Waals surface area contributed by atoms with E-state index < -0.39 is 5.97 Å². The second-order valence-corrected chi connectivity index (χ2v) is 5.32. The molecule has 0 amide bonds. The van der Waals surface area contributed by atoms with Gasteiger partial charge in [-0.25, -0.2) is 4.79 Å². The van der Waals surface area contributed by atoms with E-state index in [0.717, 1.165) is 24.5 Å². The van der Waals surface area contributed by atoms with Crippen molar-refractivity contribution >= 4 is 11.7 Å². The minimum absolute atomic E-state index is 0.0655. The molecule has 0 saturated heterocycles. The Kier molecular flexibility index (Phi) is 9.79. The summed E-state index contributed by atoms with van der Waals surface area (Å²) in [6, 6.07) is 9.21. The summed E-state index contributed by atoms with van der Waals surface area (Å²) in [5.41, 5.74) is 0.701. The van der Waals surface area contributed by atoms with Gasteiger partial charge in [-0.3, -0.25) is 0 Å². The summed E-state index contributed by atoms with van der Waals surface area (Å²) in [5.74, 6) is 0.182. The lowest BCUT2D eigenvalue weighted by molar-refractivity contribution is -0.138. The maximum Gasteiger partial charge on any atom is 0.350 e. The number of nitrogens with zero attached hydrogens (tertiary/aromatic N) is 1. The molecule has 0 saturated carbocycles. The molecule has 0 heterocycles. The van der Waals surface area contributed by atoms with Gasteiger partial charge in [0.15, 0.2) is 5.57 Å². The van der Waals surface area contributed by atoms with Crippen molar-refractivity contribution in [1.82, 2.24) is 0 Å². The summed E-state index contributed by atoms with van der Waals surface area (Å²) in [5, 5.41) is 11.9. The van der Waals surface area contributed by atoms with Crippen molar-refractivity contribution in [1.29, 1.82) is 5.26 Å². The Morgan fingerprint density at radius 1 is 1.17 bits per heavy atom. The molecule has 0 aromatic heterocycles. The standard InChI is InChI=1S/C19H26N2O3/c1-3-5-6-7-8-13-24-18-11-9-17(10-12-18)21-15-16(14-20)19(22)23-4-2/h9-12,15,21H,3-8,13H2,1-2H3/b16-15-. The maximum atomic E-state index is 11.5. The van der Waals surface area contributed by atoms with E-state index in [1.165, 1.54) is 31.9 Å². The third-order valence-corrected chi connectivity index (χ3v) is 3.37. The number of unbranched alkanes of at least 4 members (excludes halogenated alkanes) is 4. The first-order chi connectivity index (χ1) is 11.7. The number of hydrogen-bond donors (Lipinski definition) is 1. The molecule has 5 heteroatoms. The monoisotopic (exact) mass is 330 g/mol. The number of nitrogens with one attached hydrogen (secondary N) is 1. The smallest absolute Gasteiger partial charge is 0.350 e. The SMILES string of the molecule is CCCCCCCOc1ccc(N/C=C(/C#N)C(=O)OCC)cc1. The van der Waals surface area contributed by atoms with Gasteiger partial charge in [0.05, 0.1) is 13.2 Å². The lowest BCUT2D eigenvalue weighted by Gasteiger charge is -2.07. The van der Waals surface area contributed by atoms with Crippen LogP contribution in [0.4, 0.5) is 5.69 Å². The fourth-order valence-corrected chi connectivity index (χ4v) is 2.04. The molecule has 1 aromatic rings. The minimum atomic E-state index is -0.629. The van der Waals surface area contributed by atoms with Crippen molar-refractivity contribution in [3.05, 3.63) is 36.0 Å². The molecule has 0 bridgehead atoms. The van der Waals surface area contributed by atoms with E-state index in [-0.39, 0.29) is 12.2 Å². The number of nitriles is 1. The summed E-state index contributed by atoms with van der Waals surface area (Å²) in [7, 11) is 0. The second kappa shape index (κ2) is 12.0. The largest absolute Gasteiger partial charge is 0.494 e. The number of esters is 1. The van der Waals surface area contributed by atoms with E-state index in [4.69, 9.17) is 14.7 Å². The number of rotatable bonds is 11. The number of carbonyl (C=O) groups is 1. The van der Waals surface area contributed by atoms with Gasteiger partial charge in [0.25, 0.3) is 0 Å². The van der Waals surface area contributed by atoms with Crippen LogP contribution in [0.3, 0.4) is 0 Å². The molecule has 0 atom stereocenters. The minimum Gasteiger partial charge on any atom is -0.494 e. The van der Waals surface area contributed by atoms with Crippen LogP contribution in [0.15, 0.2) is 36.0 Å². The van der Waals surface area contributed by atoms with Crippen LogP contribution >= 0.6 is 0 Å². The molecule has 5 nitrogen and oxygen atoms in total. The molecule has 0 radical (unpaired) electrons. The first-order valence-electron chi connectivity index (χ1n) is 8.48. The van der Waals surface area contributed by atoms with Crippen LogP contribution in [-0.2, 0) is 9.53 Å². The molecule has 0 spiro atoms. The average molecular weight is 330 g/mol. The third-order valence-electron chi connectivity index (χ3n) is 3.37. The molecule has 0 aliphatic rings. The zero-order valence-corrected chi connectivity index (χ0v) is 14.5. The van der Waals surface area contributed by atoms with Gasteiger partial charge in [0.2, 0.25) is 0 Å². The maximum absolute atomic E-state index is 11.5. The van der Waals surface area contributed by atoms with Gasteiger partial charge < -0.3 is 14.8 Å². The Labute approximate surface area is 144 Å². The van der Waals surface area contributed by atoms with Crippen molar-refractivity contribution < 1.29 is 14.3 Å². The molecule has 1 rings (SSSR count). The number of hydrogen-bond acceptors (Lipinski definition) is 5. The fourth-order valence-electron chi connectivity index (χ4n) is 2.04. The first kappa shape index (κ1) is 19.6. The zero-order chi connectivity index (χ0) is 17.6. The van der Waals surface area contributed by atoms with Crippen molar-refractivity contribution in [2.45, 2.75) is 46.0 Å². The van der Waals surface area contributed by atoms with Crippen LogP contribution in [0.2, 0.25) is 0 Å². The van der Waals surface area contributed by atoms with Crippen molar-refractivity contribution in [3.8, 4) is 11.8 Å². The first-order valence-corrected chi connectivity index (χ1v) is 8.48. The van der Waals surface area contributed by atoms with Gasteiger partial charge in [-0.15, -0.1) is 0 Å². The molecule has 0 unspecified atom stereocenters. The zero-order valence-electron chi connectivity index (χ0n) is 14.5. The number of carbonyl (C=O) groups excluding carboxylic acids is 1. The predicted octanol–water partition coefficient (Wildman–Crippen LogP) is 4.42. The Morgan fingerprint density at radius 2 is 1.88 bits per heavy atom. The van der Waals surface area contributed by atoms with Crippen LogP contribution in [-0.4, -0.2) is 19.2 Å². The molecule has 24 heavy (non-hydrogen) atoms. The molecule has 130 valence electrons. The van der Waals surface area contributed by atoms with E-state index >= 15 is 0 Å². The van der Waals surface area contributed by atoms with Gasteiger partial charge >= 0.3 is 5.97 Å². The van der Waals surface area contributed by atoms with Crippen LogP contribution in [0, 0.1) is 11.3 Å². The third kappa shape index (κ3) is 7.68. The summed E-state index contributed by atoms with van der Waals surface area (Å²) in [4.78, 5) is 11.5. The predicted molar refractivity (Wildman–Crippen MR) is 94.6 cm³/mol. The van der Waals surface area contributed by atoms with Crippen molar-refractivity contribution in [2.24, 2.45) is 0 Å². The fraction of sp³-hybridized carbons (Fsp3) is 0.474. The van der Waals surface area contributed by atoms with Crippen molar-refractivity contribution in [2.75, 3.05) is 18.5 Å². The lowest BCUT2D eigenvalue weighted by atomic mass is 10.2. The highest BCUT2D eigenvalue weighted by Gasteiger charge is 2.08. The van der Waals surface area contributed by atoms with Gasteiger partial charge in [0, 0.05) is 11.9 Å². The molecular formula is C19H26N2O3. The second-order valence-electron chi connectivity index (χ2n) is 5.32. The summed E-state index contributed by atoms with van der Waals surface area (Å²) >= 11 is 0. The topological polar surface area (TPSA) is 71.3 Å². The van der Waals surface area contributed by atoms with Gasteiger partial charge in [-0.2, -0.15) is 5.26 Å². The summed E-state index contributed by atoms with van der Waals surface area (Å²) < 4.78 is 10.5. The number of anilines is 1. The van der Waals surface area contributed by atoms with Gasteiger partial charge in [-0.05, 0) is 37.6 Å². The number of benzene rings is 1. The van der Waals surface area contributed by atoms with Crippen LogP contribution in [0.25, 0.3) is 0 Å². The molecular weight excluding hydrogens is 304 g/mol. The average Bonchev–Trinajstić information content (AvgIpc) is 2.60. The van der Waals surface area contributed by atoms with Gasteiger partial charge in [0.1, 0.15) is 11.8 Å². The van der Waals surface area contributed by atoms with Crippen molar-refractivity contribution in [3.63, 3.8) is 0 Å². The van der Waals surface area contributed by atoms with E-state index in [2.05, 4.69) is 12.2 Å². The molecule has 1 aromatic carbocycles. The molecule has 0 aliphatic carbocycles. The Hall–Kier alpha value is -2.48. The number of ether oxygens (including phenoxy) is 2. The van der Waals surface area contributed by atoms with Gasteiger partial charge in [-0.1, -0.05) is 32.6 Å². The highest BCUT2D eigenvalue weighted by atomic mass is 16.5. The van der Waals surface area contributed by atoms with E-state index in [0.29, 0.717) is 0 Å². The normalized spacial score (nSPS) is 10.8. The summed E-state index contributed by atoms with van der Waals surface area (Å²) in [6.07, 6.45) is 7.40. The van der Waals surface area contributed by atoms with Crippen LogP contribution in [0.1, 0.15) is 46.0 Å². The molecule has 0 fully saturated rings. The quantitative estimate of drug-likeness (QED) is 0.281. The molecule has 0 aliphatic heterocycles. The lowest BCUT2D eigenvalue weighted by Crippen LogP contribution is -2.07. The highest BCUT2D eigenvalue weighted by Crippen LogP contribution is 2.16.